The standard InChI is InChI=1S/C9H19N3O2/c1-6(10)3-4-9(14)12-7(2)5-8(11)13/h6-7H,3-5,10H2,1-2H3,(H2,11,13)(H,12,14). The number of primary amides is 1. The molecule has 2 unspecified atom stereocenters. The van der Waals surface area contributed by atoms with Gasteiger partial charge in [0.05, 0.1) is 0 Å². The molecule has 0 aliphatic carbocycles. The predicted molar refractivity (Wildman–Crippen MR) is 54.3 cm³/mol. The molecule has 2 atom stereocenters. The second kappa shape index (κ2) is 6.37. The first-order valence-electron chi connectivity index (χ1n) is 4.75. The van der Waals surface area contributed by atoms with Crippen LogP contribution in [0.3, 0.4) is 0 Å². The van der Waals surface area contributed by atoms with Gasteiger partial charge in [0.15, 0.2) is 0 Å². The van der Waals surface area contributed by atoms with Crippen molar-refractivity contribution in [2.24, 2.45) is 11.5 Å². The second-order valence-electron chi connectivity index (χ2n) is 3.65. The van der Waals surface area contributed by atoms with Gasteiger partial charge in [0.2, 0.25) is 11.8 Å². The Bertz CT molecular complexity index is 204. The van der Waals surface area contributed by atoms with Gasteiger partial charge in [-0.25, -0.2) is 0 Å². The third kappa shape index (κ3) is 7.54. The van der Waals surface area contributed by atoms with Crippen molar-refractivity contribution in [3.05, 3.63) is 0 Å². The molecular formula is C9H19N3O2. The normalized spacial score (nSPS) is 14.5. The van der Waals surface area contributed by atoms with Crippen molar-refractivity contribution in [2.45, 2.75) is 45.2 Å². The summed E-state index contributed by atoms with van der Waals surface area (Å²) in [5.41, 5.74) is 10.5. The lowest BCUT2D eigenvalue weighted by Gasteiger charge is -2.12. The zero-order valence-electron chi connectivity index (χ0n) is 8.75. The molecular weight excluding hydrogens is 182 g/mol. The Morgan fingerprint density at radius 2 is 1.93 bits per heavy atom. The summed E-state index contributed by atoms with van der Waals surface area (Å²) < 4.78 is 0. The molecule has 2 amide bonds. The molecule has 0 spiro atoms. The van der Waals surface area contributed by atoms with Crippen LogP contribution in [0.25, 0.3) is 0 Å². The van der Waals surface area contributed by atoms with E-state index in [0.717, 1.165) is 0 Å². The third-order valence-electron chi connectivity index (χ3n) is 1.74. The van der Waals surface area contributed by atoms with Gasteiger partial charge in [0.1, 0.15) is 0 Å². The first-order valence-corrected chi connectivity index (χ1v) is 4.75. The molecule has 82 valence electrons. The molecule has 0 aliphatic heterocycles. The Labute approximate surface area is 84.2 Å². The third-order valence-corrected chi connectivity index (χ3v) is 1.74. The summed E-state index contributed by atoms with van der Waals surface area (Å²) in [5, 5.41) is 2.67. The van der Waals surface area contributed by atoms with Crippen LogP contribution in [0.2, 0.25) is 0 Å². The zero-order valence-corrected chi connectivity index (χ0v) is 8.75. The molecule has 0 aromatic carbocycles. The minimum absolute atomic E-state index is 0.0206. The van der Waals surface area contributed by atoms with Crippen LogP contribution in [-0.2, 0) is 9.59 Å². The molecule has 0 heterocycles. The number of amides is 2. The maximum absolute atomic E-state index is 11.2. The van der Waals surface area contributed by atoms with Crippen LogP contribution in [0, 0.1) is 0 Å². The molecule has 5 nitrogen and oxygen atoms in total. The smallest absolute Gasteiger partial charge is 0.220 e. The van der Waals surface area contributed by atoms with Gasteiger partial charge >= 0.3 is 0 Å². The van der Waals surface area contributed by atoms with Crippen LogP contribution in [-0.4, -0.2) is 23.9 Å². The highest BCUT2D eigenvalue weighted by molar-refractivity contribution is 5.78. The summed E-state index contributed by atoms with van der Waals surface area (Å²) >= 11 is 0. The van der Waals surface area contributed by atoms with Crippen LogP contribution < -0.4 is 16.8 Å². The van der Waals surface area contributed by atoms with Gasteiger partial charge in [0, 0.05) is 24.9 Å². The first kappa shape index (κ1) is 12.9. The summed E-state index contributed by atoms with van der Waals surface area (Å²) in [7, 11) is 0. The molecule has 14 heavy (non-hydrogen) atoms. The van der Waals surface area contributed by atoms with Crippen molar-refractivity contribution in [2.75, 3.05) is 0 Å². The van der Waals surface area contributed by atoms with Crippen molar-refractivity contribution in [3.63, 3.8) is 0 Å². The topological polar surface area (TPSA) is 98.2 Å². The second-order valence-corrected chi connectivity index (χ2v) is 3.65. The maximum atomic E-state index is 11.2. The fourth-order valence-corrected chi connectivity index (χ4v) is 1.06. The largest absolute Gasteiger partial charge is 0.370 e. The molecule has 0 aliphatic rings. The van der Waals surface area contributed by atoms with E-state index in [9.17, 15) is 9.59 Å². The minimum atomic E-state index is -0.412. The highest BCUT2D eigenvalue weighted by Gasteiger charge is 2.09. The Morgan fingerprint density at radius 3 is 2.36 bits per heavy atom. The Morgan fingerprint density at radius 1 is 1.36 bits per heavy atom. The van der Waals surface area contributed by atoms with Gasteiger partial charge < -0.3 is 16.8 Å². The minimum Gasteiger partial charge on any atom is -0.370 e. The average Bonchev–Trinajstić information content (AvgIpc) is 1.98. The Kier molecular flexibility index (Phi) is 5.87. The molecule has 0 fully saturated rings. The molecule has 0 radical (unpaired) electrons. The molecule has 0 aromatic heterocycles. The molecule has 0 saturated heterocycles. The number of hydrogen-bond acceptors (Lipinski definition) is 3. The van der Waals surface area contributed by atoms with Crippen molar-refractivity contribution in [1.29, 1.82) is 0 Å². The van der Waals surface area contributed by atoms with E-state index < -0.39 is 5.91 Å². The fraction of sp³-hybridized carbons (Fsp3) is 0.778. The Balaban J connectivity index is 3.66. The SMILES string of the molecule is CC(N)CCC(=O)NC(C)CC(N)=O. The van der Waals surface area contributed by atoms with Crippen LogP contribution in [0.4, 0.5) is 0 Å². The van der Waals surface area contributed by atoms with Gasteiger partial charge in [-0.2, -0.15) is 0 Å². The fourth-order valence-electron chi connectivity index (χ4n) is 1.06. The van der Waals surface area contributed by atoms with E-state index in [1.54, 1.807) is 6.92 Å². The molecule has 5 heteroatoms. The first-order chi connectivity index (χ1) is 6.41. The summed E-state index contributed by atoms with van der Waals surface area (Å²) in [5.74, 6) is -0.499. The molecule has 0 saturated carbocycles. The van der Waals surface area contributed by atoms with E-state index in [2.05, 4.69) is 5.32 Å². The van der Waals surface area contributed by atoms with E-state index >= 15 is 0 Å². The van der Waals surface area contributed by atoms with Crippen LogP contribution in [0.1, 0.15) is 33.1 Å². The van der Waals surface area contributed by atoms with Gasteiger partial charge in [-0.05, 0) is 20.3 Å². The van der Waals surface area contributed by atoms with E-state index in [4.69, 9.17) is 11.5 Å². The number of rotatable bonds is 6. The number of nitrogens with two attached hydrogens (primary N) is 2. The van der Waals surface area contributed by atoms with Gasteiger partial charge in [-0.1, -0.05) is 0 Å². The number of hydrogen-bond donors (Lipinski definition) is 3. The van der Waals surface area contributed by atoms with E-state index in [0.29, 0.717) is 12.8 Å². The predicted octanol–water partition coefficient (Wildman–Crippen LogP) is -0.506. The highest BCUT2D eigenvalue weighted by atomic mass is 16.2. The summed E-state index contributed by atoms with van der Waals surface area (Å²) in [6.07, 6.45) is 1.21. The van der Waals surface area contributed by atoms with Crippen molar-refractivity contribution < 1.29 is 9.59 Å². The summed E-state index contributed by atoms with van der Waals surface area (Å²) in [6, 6.07) is -0.180. The van der Waals surface area contributed by atoms with E-state index in [-0.39, 0.29) is 24.4 Å². The summed E-state index contributed by atoms with van der Waals surface area (Å²) in [4.78, 5) is 21.7. The lowest BCUT2D eigenvalue weighted by Crippen LogP contribution is -2.36. The Hall–Kier alpha value is -1.10. The highest BCUT2D eigenvalue weighted by Crippen LogP contribution is 1.95. The lowest BCUT2D eigenvalue weighted by atomic mass is 10.1. The molecule has 5 N–H and O–H groups in total. The van der Waals surface area contributed by atoms with E-state index in [1.165, 1.54) is 0 Å². The van der Waals surface area contributed by atoms with Gasteiger partial charge in [-0.3, -0.25) is 9.59 Å². The van der Waals surface area contributed by atoms with Crippen molar-refractivity contribution in [3.8, 4) is 0 Å². The van der Waals surface area contributed by atoms with E-state index in [1.807, 2.05) is 6.92 Å². The van der Waals surface area contributed by atoms with Gasteiger partial charge in [-0.15, -0.1) is 0 Å². The number of nitrogens with one attached hydrogen (secondary N) is 1. The number of carbonyl (C=O) groups excluding carboxylic acids is 2. The van der Waals surface area contributed by atoms with Crippen LogP contribution >= 0.6 is 0 Å². The quantitative estimate of drug-likeness (QED) is 0.540. The van der Waals surface area contributed by atoms with Crippen molar-refractivity contribution >= 4 is 11.8 Å². The van der Waals surface area contributed by atoms with Crippen LogP contribution in [0.5, 0.6) is 0 Å². The summed E-state index contributed by atoms with van der Waals surface area (Å²) in [6.45, 7) is 3.59. The average molecular weight is 201 g/mol. The maximum Gasteiger partial charge on any atom is 0.220 e. The molecule has 0 bridgehead atoms. The van der Waals surface area contributed by atoms with Crippen molar-refractivity contribution in [1.82, 2.24) is 5.32 Å². The zero-order chi connectivity index (χ0) is 11.1. The molecule has 0 rings (SSSR count). The monoisotopic (exact) mass is 201 g/mol. The number of carbonyl (C=O) groups is 2. The van der Waals surface area contributed by atoms with Gasteiger partial charge in [0.25, 0.3) is 0 Å². The van der Waals surface area contributed by atoms with Crippen LogP contribution in [0.15, 0.2) is 0 Å². The lowest BCUT2D eigenvalue weighted by molar-refractivity contribution is -0.122. The molecule has 0 aromatic rings.